The Labute approximate surface area is 95.4 Å². The molecule has 1 saturated heterocycles. The molecular formula is C10H10BrN3O. The van der Waals surface area contributed by atoms with Gasteiger partial charge in [0, 0.05) is 23.2 Å². The van der Waals surface area contributed by atoms with E-state index in [1.165, 1.54) is 0 Å². The maximum atomic E-state index is 5.36. The molecule has 0 radical (unpaired) electrons. The summed E-state index contributed by atoms with van der Waals surface area (Å²) in [4.78, 5) is 0. The first-order valence-electron chi connectivity index (χ1n) is 4.92. The number of hydrogen-bond acceptors (Lipinski definition) is 3. The largest absolute Gasteiger partial charge is 0.381 e. The Morgan fingerprint density at radius 3 is 3.20 bits per heavy atom. The molecular weight excluding hydrogens is 258 g/mol. The van der Waals surface area contributed by atoms with Crippen LogP contribution in [0.5, 0.6) is 0 Å². The maximum Gasteiger partial charge on any atom is 0.161 e. The Morgan fingerprint density at radius 1 is 1.47 bits per heavy atom. The molecule has 0 spiro atoms. The zero-order valence-electron chi connectivity index (χ0n) is 8.06. The summed E-state index contributed by atoms with van der Waals surface area (Å²) >= 11 is 3.42. The summed E-state index contributed by atoms with van der Waals surface area (Å²) in [6.07, 6.45) is 3.03. The van der Waals surface area contributed by atoms with E-state index in [4.69, 9.17) is 4.74 Å². The van der Waals surface area contributed by atoms with Crippen LogP contribution in [0.15, 0.2) is 22.8 Å². The molecule has 2 aromatic heterocycles. The molecule has 5 heteroatoms. The minimum atomic E-state index is 0.390. The second-order valence-electron chi connectivity index (χ2n) is 3.69. The molecule has 1 unspecified atom stereocenters. The van der Waals surface area contributed by atoms with E-state index in [1.807, 2.05) is 22.7 Å². The topological polar surface area (TPSA) is 39.4 Å². The minimum absolute atomic E-state index is 0.390. The number of hydrogen-bond donors (Lipinski definition) is 0. The van der Waals surface area contributed by atoms with Gasteiger partial charge in [-0.15, -0.1) is 10.2 Å². The number of aromatic nitrogens is 3. The van der Waals surface area contributed by atoms with Crippen LogP contribution < -0.4 is 0 Å². The van der Waals surface area contributed by atoms with E-state index in [9.17, 15) is 0 Å². The van der Waals surface area contributed by atoms with Gasteiger partial charge in [-0.1, -0.05) is 15.9 Å². The normalized spacial score (nSPS) is 21.3. The number of rotatable bonds is 1. The molecule has 1 fully saturated rings. The van der Waals surface area contributed by atoms with E-state index >= 15 is 0 Å². The number of ether oxygens (including phenoxy) is 1. The predicted molar refractivity (Wildman–Crippen MR) is 58.9 cm³/mol. The molecule has 0 N–H and O–H groups in total. The lowest BCUT2D eigenvalue weighted by Crippen LogP contribution is -2.03. The lowest BCUT2D eigenvalue weighted by atomic mass is 10.1. The molecule has 3 rings (SSSR count). The SMILES string of the molecule is Brc1ccn2c(C3CCOC3)nnc2c1. The zero-order chi connectivity index (χ0) is 10.3. The Morgan fingerprint density at radius 2 is 2.40 bits per heavy atom. The highest BCUT2D eigenvalue weighted by molar-refractivity contribution is 9.10. The van der Waals surface area contributed by atoms with Crippen LogP contribution in [0.4, 0.5) is 0 Å². The average molecular weight is 268 g/mol. The maximum absolute atomic E-state index is 5.36. The summed E-state index contributed by atoms with van der Waals surface area (Å²) < 4.78 is 8.42. The van der Waals surface area contributed by atoms with E-state index in [0.29, 0.717) is 5.92 Å². The van der Waals surface area contributed by atoms with Crippen LogP contribution in [0.25, 0.3) is 5.65 Å². The fraction of sp³-hybridized carbons (Fsp3) is 0.400. The molecule has 0 aliphatic carbocycles. The molecule has 0 amide bonds. The summed E-state index contributed by atoms with van der Waals surface area (Å²) in [5.41, 5.74) is 0.881. The number of fused-ring (bicyclic) bond motifs is 1. The molecule has 78 valence electrons. The summed E-state index contributed by atoms with van der Waals surface area (Å²) in [7, 11) is 0. The molecule has 0 aromatic carbocycles. The second-order valence-corrected chi connectivity index (χ2v) is 4.61. The Bertz CT molecular complexity index is 490. The summed E-state index contributed by atoms with van der Waals surface area (Å²) in [5, 5.41) is 8.38. The van der Waals surface area contributed by atoms with Crippen molar-refractivity contribution >= 4 is 21.6 Å². The third-order valence-corrected chi connectivity index (χ3v) is 3.19. The van der Waals surface area contributed by atoms with Crippen molar-refractivity contribution in [1.82, 2.24) is 14.6 Å². The van der Waals surface area contributed by atoms with Crippen LogP contribution in [0.1, 0.15) is 18.2 Å². The van der Waals surface area contributed by atoms with Gasteiger partial charge in [-0.3, -0.25) is 4.40 Å². The van der Waals surface area contributed by atoms with Gasteiger partial charge in [0.15, 0.2) is 5.65 Å². The van der Waals surface area contributed by atoms with E-state index < -0.39 is 0 Å². The van der Waals surface area contributed by atoms with Gasteiger partial charge in [0.2, 0.25) is 0 Å². The van der Waals surface area contributed by atoms with E-state index in [-0.39, 0.29) is 0 Å². The van der Waals surface area contributed by atoms with Crippen molar-refractivity contribution in [2.24, 2.45) is 0 Å². The van der Waals surface area contributed by atoms with E-state index in [0.717, 1.165) is 35.6 Å². The Kier molecular flexibility index (Phi) is 2.21. The van der Waals surface area contributed by atoms with Gasteiger partial charge < -0.3 is 4.74 Å². The zero-order valence-corrected chi connectivity index (χ0v) is 9.64. The van der Waals surface area contributed by atoms with E-state index in [2.05, 4.69) is 26.1 Å². The van der Waals surface area contributed by atoms with Crippen molar-refractivity contribution in [3.8, 4) is 0 Å². The minimum Gasteiger partial charge on any atom is -0.381 e. The lowest BCUT2D eigenvalue weighted by molar-refractivity contribution is 0.193. The van der Waals surface area contributed by atoms with Crippen molar-refractivity contribution in [1.29, 1.82) is 0 Å². The predicted octanol–water partition coefficient (Wildman–Crippen LogP) is 2.00. The molecule has 4 nitrogen and oxygen atoms in total. The van der Waals surface area contributed by atoms with Crippen molar-refractivity contribution in [3.63, 3.8) is 0 Å². The quantitative estimate of drug-likeness (QED) is 0.794. The first-order chi connectivity index (χ1) is 7.34. The molecule has 0 saturated carbocycles. The fourth-order valence-electron chi connectivity index (χ4n) is 1.90. The number of nitrogens with zero attached hydrogens (tertiary/aromatic N) is 3. The van der Waals surface area contributed by atoms with Gasteiger partial charge in [-0.2, -0.15) is 0 Å². The van der Waals surface area contributed by atoms with Gasteiger partial charge in [-0.25, -0.2) is 0 Å². The second kappa shape index (κ2) is 3.57. The van der Waals surface area contributed by atoms with Gasteiger partial charge >= 0.3 is 0 Å². The van der Waals surface area contributed by atoms with Crippen LogP contribution in [-0.2, 0) is 4.74 Å². The van der Waals surface area contributed by atoms with Crippen molar-refractivity contribution in [3.05, 3.63) is 28.6 Å². The number of halogens is 1. The molecule has 2 aromatic rings. The van der Waals surface area contributed by atoms with Crippen molar-refractivity contribution in [2.75, 3.05) is 13.2 Å². The third kappa shape index (κ3) is 1.55. The van der Waals surface area contributed by atoms with Crippen LogP contribution in [-0.4, -0.2) is 27.8 Å². The molecule has 1 aliphatic heterocycles. The molecule has 15 heavy (non-hydrogen) atoms. The average Bonchev–Trinajstić information content (AvgIpc) is 2.82. The summed E-state index contributed by atoms with van der Waals surface area (Å²) in [5.74, 6) is 1.40. The van der Waals surface area contributed by atoms with Gasteiger partial charge in [0.1, 0.15) is 5.82 Å². The van der Waals surface area contributed by atoms with Gasteiger partial charge in [0.25, 0.3) is 0 Å². The molecule has 3 heterocycles. The molecule has 1 atom stereocenters. The molecule has 1 aliphatic rings. The highest BCUT2D eigenvalue weighted by Gasteiger charge is 2.22. The lowest BCUT2D eigenvalue weighted by Gasteiger charge is -2.04. The standard InChI is InChI=1S/C10H10BrN3O/c11-8-1-3-14-9(5-8)12-13-10(14)7-2-4-15-6-7/h1,3,5,7H,2,4,6H2. The summed E-state index contributed by atoms with van der Waals surface area (Å²) in [6.45, 7) is 1.59. The monoisotopic (exact) mass is 267 g/mol. The van der Waals surface area contributed by atoms with Crippen LogP contribution in [0.3, 0.4) is 0 Å². The molecule has 0 bridgehead atoms. The van der Waals surface area contributed by atoms with Crippen LogP contribution in [0, 0.1) is 0 Å². The first-order valence-corrected chi connectivity index (χ1v) is 5.72. The van der Waals surface area contributed by atoms with Gasteiger partial charge in [0.05, 0.1) is 6.61 Å². The first kappa shape index (κ1) is 9.30. The van der Waals surface area contributed by atoms with Crippen molar-refractivity contribution < 1.29 is 4.74 Å². The Hall–Kier alpha value is -0.940. The Balaban J connectivity index is 2.11. The third-order valence-electron chi connectivity index (χ3n) is 2.69. The summed E-state index contributed by atoms with van der Waals surface area (Å²) in [6, 6.07) is 3.96. The van der Waals surface area contributed by atoms with Gasteiger partial charge in [-0.05, 0) is 18.6 Å². The van der Waals surface area contributed by atoms with Crippen LogP contribution >= 0.6 is 15.9 Å². The van der Waals surface area contributed by atoms with E-state index in [1.54, 1.807) is 0 Å². The number of pyridine rings is 1. The highest BCUT2D eigenvalue weighted by atomic mass is 79.9. The smallest absolute Gasteiger partial charge is 0.161 e. The van der Waals surface area contributed by atoms with Crippen LogP contribution in [0.2, 0.25) is 0 Å². The fourth-order valence-corrected chi connectivity index (χ4v) is 2.22. The van der Waals surface area contributed by atoms with Crippen molar-refractivity contribution in [2.45, 2.75) is 12.3 Å². The highest BCUT2D eigenvalue weighted by Crippen LogP contribution is 2.24.